The van der Waals surface area contributed by atoms with Crippen LogP contribution in [0, 0.1) is 5.92 Å². The van der Waals surface area contributed by atoms with Gasteiger partial charge in [-0.15, -0.1) is 0 Å². The molecule has 1 unspecified atom stereocenters. The lowest BCUT2D eigenvalue weighted by atomic mass is 10.0. The maximum absolute atomic E-state index is 8.99. The third-order valence-electron chi connectivity index (χ3n) is 3.45. The zero-order chi connectivity index (χ0) is 13.0. The predicted molar refractivity (Wildman–Crippen MR) is 74.7 cm³/mol. The fourth-order valence-corrected chi connectivity index (χ4v) is 2.17. The van der Waals surface area contributed by atoms with E-state index in [1.165, 1.54) is 0 Å². The molecule has 98 valence electrons. The molecule has 0 saturated heterocycles. The number of hydrogen-bond acceptors (Lipinski definition) is 3. The van der Waals surface area contributed by atoms with Crippen LogP contribution in [-0.2, 0) is 7.05 Å². The number of anilines is 1. The molecular weight excluding hydrogens is 226 g/mol. The first-order valence-electron chi connectivity index (χ1n) is 6.52. The Morgan fingerprint density at radius 3 is 2.83 bits per heavy atom. The number of hydrogen-bond donors (Lipinski definition) is 2. The molecule has 0 saturated carbocycles. The molecule has 0 aliphatic rings. The van der Waals surface area contributed by atoms with Crippen LogP contribution >= 0.6 is 0 Å². The standard InChI is InChI=1S/C14H21N3O/c1-3-11(8-9-18)10-15-14-16-12-6-4-5-7-13(12)17(14)2/h4-7,11,18H,3,8-10H2,1-2H3,(H,15,16). The number of nitrogens with one attached hydrogen (secondary N) is 1. The highest BCUT2D eigenvalue weighted by Crippen LogP contribution is 2.18. The van der Waals surface area contributed by atoms with Gasteiger partial charge in [-0.25, -0.2) is 4.98 Å². The molecule has 0 aliphatic heterocycles. The molecule has 2 N–H and O–H groups in total. The Balaban J connectivity index is 2.09. The number of aliphatic hydroxyl groups is 1. The van der Waals surface area contributed by atoms with Gasteiger partial charge >= 0.3 is 0 Å². The van der Waals surface area contributed by atoms with Crippen LogP contribution in [0.1, 0.15) is 19.8 Å². The minimum atomic E-state index is 0.253. The predicted octanol–water partition coefficient (Wildman–Crippen LogP) is 2.39. The summed E-state index contributed by atoms with van der Waals surface area (Å²) in [6.07, 6.45) is 1.91. The molecule has 1 atom stereocenters. The second-order valence-corrected chi connectivity index (χ2v) is 4.65. The van der Waals surface area contributed by atoms with Crippen molar-refractivity contribution in [3.05, 3.63) is 24.3 Å². The molecule has 2 aromatic rings. The molecule has 1 heterocycles. The van der Waals surface area contributed by atoms with E-state index in [0.29, 0.717) is 5.92 Å². The zero-order valence-corrected chi connectivity index (χ0v) is 11.1. The lowest BCUT2D eigenvalue weighted by molar-refractivity contribution is 0.258. The molecule has 0 bridgehead atoms. The van der Waals surface area contributed by atoms with Crippen LogP contribution in [0.25, 0.3) is 11.0 Å². The van der Waals surface area contributed by atoms with Crippen molar-refractivity contribution in [3.8, 4) is 0 Å². The normalized spacial score (nSPS) is 12.8. The van der Waals surface area contributed by atoms with Crippen molar-refractivity contribution in [1.29, 1.82) is 0 Å². The highest BCUT2D eigenvalue weighted by molar-refractivity contribution is 5.78. The van der Waals surface area contributed by atoms with Gasteiger partial charge < -0.3 is 15.0 Å². The van der Waals surface area contributed by atoms with Gasteiger partial charge in [-0.1, -0.05) is 25.5 Å². The summed E-state index contributed by atoms with van der Waals surface area (Å²) in [7, 11) is 2.02. The third kappa shape index (κ3) is 2.64. The fraction of sp³-hybridized carbons (Fsp3) is 0.500. The van der Waals surface area contributed by atoms with E-state index >= 15 is 0 Å². The lowest BCUT2D eigenvalue weighted by Gasteiger charge is -2.14. The summed E-state index contributed by atoms with van der Waals surface area (Å²) in [5.74, 6) is 1.39. The fourth-order valence-electron chi connectivity index (χ4n) is 2.17. The molecule has 0 fully saturated rings. The lowest BCUT2D eigenvalue weighted by Crippen LogP contribution is -2.16. The number of rotatable bonds is 6. The topological polar surface area (TPSA) is 50.1 Å². The van der Waals surface area contributed by atoms with Gasteiger partial charge in [0.2, 0.25) is 5.95 Å². The Morgan fingerprint density at radius 1 is 1.39 bits per heavy atom. The number of aliphatic hydroxyl groups excluding tert-OH is 1. The van der Waals surface area contributed by atoms with Gasteiger partial charge in [0.05, 0.1) is 11.0 Å². The first kappa shape index (κ1) is 12.9. The molecule has 1 aromatic carbocycles. The molecular formula is C14H21N3O. The number of aryl methyl sites for hydroxylation is 1. The molecule has 4 nitrogen and oxygen atoms in total. The number of nitrogens with zero attached hydrogens (tertiary/aromatic N) is 2. The molecule has 18 heavy (non-hydrogen) atoms. The summed E-state index contributed by atoms with van der Waals surface area (Å²) in [6.45, 7) is 3.26. The van der Waals surface area contributed by atoms with E-state index in [1.54, 1.807) is 0 Å². The highest BCUT2D eigenvalue weighted by atomic mass is 16.3. The first-order chi connectivity index (χ1) is 8.76. The molecule has 0 radical (unpaired) electrons. The summed E-state index contributed by atoms with van der Waals surface area (Å²) < 4.78 is 2.07. The molecule has 0 amide bonds. The minimum Gasteiger partial charge on any atom is -0.396 e. The van der Waals surface area contributed by atoms with E-state index in [9.17, 15) is 0 Å². The third-order valence-corrected chi connectivity index (χ3v) is 3.45. The minimum absolute atomic E-state index is 0.253. The average Bonchev–Trinajstić information content (AvgIpc) is 2.72. The number of fused-ring (bicyclic) bond motifs is 1. The SMILES string of the molecule is CCC(CCO)CNc1nc2ccccc2n1C. The molecule has 0 spiro atoms. The van der Waals surface area contributed by atoms with Gasteiger partial charge in [0.1, 0.15) is 0 Å². The van der Waals surface area contributed by atoms with Crippen LogP contribution in [0.4, 0.5) is 5.95 Å². The maximum Gasteiger partial charge on any atom is 0.203 e. The van der Waals surface area contributed by atoms with Crippen LogP contribution in [0.2, 0.25) is 0 Å². The van der Waals surface area contributed by atoms with Crippen LogP contribution in [0.15, 0.2) is 24.3 Å². The van der Waals surface area contributed by atoms with E-state index in [2.05, 4.69) is 27.9 Å². The number of benzene rings is 1. The van der Waals surface area contributed by atoms with Gasteiger partial charge in [-0.2, -0.15) is 0 Å². The summed E-state index contributed by atoms with van der Waals surface area (Å²) in [4.78, 5) is 4.57. The number of imidazole rings is 1. The van der Waals surface area contributed by atoms with Crippen molar-refractivity contribution in [2.24, 2.45) is 13.0 Å². The van der Waals surface area contributed by atoms with Crippen LogP contribution in [0.3, 0.4) is 0 Å². The summed E-state index contributed by atoms with van der Waals surface area (Å²) in [6, 6.07) is 8.11. The van der Waals surface area contributed by atoms with Crippen molar-refractivity contribution >= 4 is 17.0 Å². The number of para-hydroxylation sites is 2. The summed E-state index contributed by atoms with van der Waals surface area (Å²) in [5, 5.41) is 12.4. The van der Waals surface area contributed by atoms with E-state index < -0.39 is 0 Å². The Kier molecular flexibility index (Phi) is 4.20. The van der Waals surface area contributed by atoms with E-state index in [-0.39, 0.29) is 6.61 Å². The molecule has 1 aromatic heterocycles. The Morgan fingerprint density at radius 2 is 2.17 bits per heavy atom. The van der Waals surface area contributed by atoms with Gasteiger partial charge in [-0.05, 0) is 24.5 Å². The average molecular weight is 247 g/mol. The van der Waals surface area contributed by atoms with Crippen LogP contribution < -0.4 is 5.32 Å². The van der Waals surface area contributed by atoms with Gasteiger partial charge in [0, 0.05) is 20.2 Å². The largest absolute Gasteiger partial charge is 0.396 e. The Bertz CT molecular complexity index is 507. The monoisotopic (exact) mass is 247 g/mol. The quantitative estimate of drug-likeness (QED) is 0.824. The Hall–Kier alpha value is -1.55. The second kappa shape index (κ2) is 5.87. The number of aromatic nitrogens is 2. The zero-order valence-electron chi connectivity index (χ0n) is 11.1. The van der Waals surface area contributed by atoms with Crippen molar-refractivity contribution in [1.82, 2.24) is 9.55 Å². The van der Waals surface area contributed by atoms with Crippen LogP contribution in [0.5, 0.6) is 0 Å². The first-order valence-corrected chi connectivity index (χ1v) is 6.52. The van der Waals surface area contributed by atoms with Crippen molar-refractivity contribution in [3.63, 3.8) is 0 Å². The summed E-state index contributed by atoms with van der Waals surface area (Å²) >= 11 is 0. The van der Waals surface area contributed by atoms with Crippen LogP contribution in [-0.4, -0.2) is 27.8 Å². The van der Waals surface area contributed by atoms with E-state index in [1.807, 2.05) is 25.2 Å². The van der Waals surface area contributed by atoms with E-state index in [4.69, 9.17) is 5.11 Å². The van der Waals surface area contributed by atoms with Gasteiger partial charge in [0.15, 0.2) is 0 Å². The highest BCUT2D eigenvalue weighted by Gasteiger charge is 2.09. The van der Waals surface area contributed by atoms with Gasteiger partial charge in [-0.3, -0.25) is 0 Å². The molecule has 0 aliphatic carbocycles. The molecule has 2 rings (SSSR count). The maximum atomic E-state index is 8.99. The summed E-state index contributed by atoms with van der Waals surface area (Å²) in [5.41, 5.74) is 2.15. The second-order valence-electron chi connectivity index (χ2n) is 4.65. The molecule has 4 heteroatoms. The van der Waals surface area contributed by atoms with Crippen molar-refractivity contribution < 1.29 is 5.11 Å². The Labute approximate surface area is 108 Å². The van der Waals surface area contributed by atoms with Crippen molar-refractivity contribution in [2.45, 2.75) is 19.8 Å². The smallest absolute Gasteiger partial charge is 0.203 e. The van der Waals surface area contributed by atoms with Crippen molar-refractivity contribution in [2.75, 3.05) is 18.5 Å². The van der Waals surface area contributed by atoms with E-state index in [0.717, 1.165) is 36.4 Å². The van der Waals surface area contributed by atoms with Gasteiger partial charge in [0.25, 0.3) is 0 Å².